The summed E-state index contributed by atoms with van der Waals surface area (Å²) in [6.07, 6.45) is -5.23. The molecule has 1 amide bonds. The van der Waals surface area contributed by atoms with Gasteiger partial charge in [-0.1, -0.05) is 43.0 Å². The average molecular weight is 595 g/mol. The summed E-state index contributed by atoms with van der Waals surface area (Å²) in [4.78, 5) is 12.7. The normalized spacial score (nSPS) is 19.1. The van der Waals surface area contributed by atoms with Gasteiger partial charge in [-0.3, -0.25) is 9.00 Å². The van der Waals surface area contributed by atoms with E-state index < -0.39 is 34.4 Å². The van der Waals surface area contributed by atoms with Crippen LogP contribution < -0.4 is 5.32 Å². The standard InChI is InChI=1S/C18H21FN2O2S.C9H5F7/c1-2-13(11-12-20)18(22)21-15-5-9-17(10-6-15)24(23)16-7-3-14(19)4-8-16;10-7(8(11,12)13,9(14,15)16)6-4-2-1-3-5-6/h2-4,7-8,11-12,15,17,20H,1,5-6,9-10H2,(H,21,22);1-5H/b13-11+,20-12?;. The van der Waals surface area contributed by atoms with Crippen molar-refractivity contribution in [2.75, 3.05) is 0 Å². The highest BCUT2D eigenvalue weighted by Crippen LogP contribution is 2.53. The van der Waals surface area contributed by atoms with E-state index in [1.165, 1.54) is 30.4 Å². The van der Waals surface area contributed by atoms with Gasteiger partial charge in [-0.25, -0.2) is 8.78 Å². The number of carbonyl (C=O) groups excluding carboxylic acids is 1. The quantitative estimate of drug-likeness (QED) is 0.155. The van der Waals surface area contributed by atoms with Crippen LogP contribution in [0.3, 0.4) is 0 Å². The predicted octanol–water partition coefficient (Wildman–Crippen LogP) is 7.10. The fourth-order valence-electron chi connectivity index (χ4n) is 3.93. The lowest BCUT2D eigenvalue weighted by Crippen LogP contribution is -2.50. The lowest BCUT2D eigenvalue weighted by molar-refractivity contribution is -0.348. The van der Waals surface area contributed by atoms with Crippen molar-refractivity contribution >= 4 is 22.9 Å². The highest BCUT2D eigenvalue weighted by atomic mass is 32.2. The molecule has 0 radical (unpaired) electrons. The third-order valence-electron chi connectivity index (χ3n) is 6.06. The largest absolute Gasteiger partial charge is 0.435 e. The van der Waals surface area contributed by atoms with Crippen LogP contribution in [0.25, 0.3) is 0 Å². The molecule has 0 bridgehead atoms. The lowest BCUT2D eigenvalue weighted by atomic mass is 9.94. The van der Waals surface area contributed by atoms with Gasteiger partial charge in [0, 0.05) is 33.5 Å². The van der Waals surface area contributed by atoms with Gasteiger partial charge >= 0.3 is 18.0 Å². The second-order valence-corrected chi connectivity index (χ2v) is 10.4. The summed E-state index contributed by atoms with van der Waals surface area (Å²) < 4.78 is 112. The summed E-state index contributed by atoms with van der Waals surface area (Å²) in [5.41, 5.74) is -6.45. The molecule has 0 aromatic heterocycles. The van der Waals surface area contributed by atoms with Gasteiger partial charge in [0.25, 0.3) is 5.91 Å². The van der Waals surface area contributed by atoms with Gasteiger partial charge in [0.1, 0.15) is 5.82 Å². The fraction of sp³-hybridized carbons (Fsp3) is 0.333. The number of alkyl halides is 7. The van der Waals surface area contributed by atoms with Crippen molar-refractivity contribution in [3.8, 4) is 0 Å². The van der Waals surface area contributed by atoms with E-state index in [-0.39, 0.29) is 23.0 Å². The van der Waals surface area contributed by atoms with E-state index in [1.807, 2.05) is 0 Å². The Kier molecular flexibility index (Phi) is 11.4. The Hall–Kier alpha value is -3.35. The number of carbonyl (C=O) groups is 1. The van der Waals surface area contributed by atoms with Crippen LogP contribution in [0.4, 0.5) is 35.1 Å². The molecule has 1 aliphatic carbocycles. The molecule has 2 N–H and O–H groups in total. The van der Waals surface area contributed by atoms with Gasteiger partial charge in [-0.05, 0) is 56.0 Å². The van der Waals surface area contributed by atoms with Crippen LogP contribution in [-0.2, 0) is 21.3 Å². The summed E-state index contributed by atoms with van der Waals surface area (Å²) >= 11 is 0. The molecule has 218 valence electrons. The molecule has 0 heterocycles. The maximum Gasteiger partial charge on any atom is 0.435 e. The van der Waals surface area contributed by atoms with Crippen molar-refractivity contribution < 1.29 is 44.1 Å². The van der Waals surface area contributed by atoms with Gasteiger partial charge in [0.2, 0.25) is 0 Å². The third-order valence-corrected chi connectivity index (χ3v) is 7.87. The zero-order valence-electron chi connectivity index (χ0n) is 20.9. The molecule has 1 atom stereocenters. The van der Waals surface area contributed by atoms with Crippen LogP contribution in [0, 0.1) is 11.2 Å². The zero-order chi connectivity index (χ0) is 30.1. The first-order valence-electron chi connectivity index (χ1n) is 11.8. The molecule has 13 heteroatoms. The number of hydrogen-bond acceptors (Lipinski definition) is 3. The summed E-state index contributed by atoms with van der Waals surface area (Å²) in [7, 11) is -1.16. The Morgan fingerprint density at radius 2 is 1.43 bits per heavy atom. The van der Waals surface area contributed by atoms with Crippen molar-refractivity contribution in [2.24, 2.45) is 0 Å². The molecule has 4 nitrogen and oxygen atoms in total. The van der Waals surface area contributed by atoms with Crippen molar-refractivity contribution in [1.29, 1.82) is 5.41 Å². The van der Waals surface area contributed by atoms with Gasteiger partial charge < -0.3 is 10.7 Å². The van der Waals surface area contributed by atoms with Crippen LogP contribution in [-0.4, -0.2) is 40.0 Å². The first kappa shape index (κ1) is 32.9. The number of benzene rings is 2. The Labute approximate surface area is 228 Å². The smallest absolute Gasteiger partial charge is 0.349 e. The summed E-state index contributed by atoms with van der Waals surface area (Å²) in [5.74, 6) is -0.574. The Balaban J connectivity index is 0.000000305. The van der Waals surface area contributed by atoms with Crippen LogP contribution >= 0.6 is 0 Å². The average Bonchev–Trinajstić information content (AvgIpc) is 2.91. The number of rotatable bonds is 7. The second kappa shape index (κ2) is 13.8. The molecule has 40 heavy (non-hydrogen) atoms. The summed E-state index contributed by atoms with van der Waals surface area (Å²) in [5, 5.41) is 9.99. The minimum atomic E-state index is -6.05. The van der Waals surface area contributed by atoms with E-state index >= 15 is 0 Å². The van der Waals surface area contributed by atoms with Crippen molar-refractivity contribution in [3.05, 3.63) is 90.3 Å². The van der Waals surface area contributed by atoms with Crippen LogP contribution in [0.2, 0.25) is 0 Å². The minimum Gasteiger partial charge on any atom is -0.349 e. The van der Waals surface area contributed by atoms with Crippen molar-refractivity contribution in [1.82, 2.24) is 5.32 Å². The number of halogens is 8. The van der Waals surface area contributed by atoms with Gasteiger partial charge in [-0.2, -0.15) is 26.3 Å². The number of amides is 1. The Morgan fingerprint density at radius 1 is 0.900 bits per heavy atom. The van der Waals surface area contributed by atoms with E-state index in [0.717, 1.165) is 44.0 Å². The molecule has 0 saturated heterocycles. The first-order valence-corrected chi connectivity index (χ1v) is 13.0. The van der Waals surface area contributed by atoms with E-state index in [4.69, 9.17) is 5.41 Å². The third kappa shape index (κ3) is 8.09. The van der Waals surface area contributed by atoms with Crippen molar-refractivity contribution in [3.63, 3.8) is 0 Å². The topological polar surface area (TPSA) is 70.0 Å². The highest BCUT2D eigenvalue weighted by Gasteiger charge is 2.73. The maximum absolute atomic E-state index is 13.3. The van der Waals surface area contributed by atoms with E-state index in [1.54, 1.807) is 12.1 Å². The molecular weight excluding hydrogens is 568 g/mol. The monoisotopic (exact) mass is 594 g/mol. The van der Waals surface area contributed by atoms with Crippen LogP contribution in [0.5, 0.6) is 0 Å². The number of allylic oxidation sites excluding steroid dienone is 1. The Bertz CT molecular complexity index is 1190. The molecule has 1 aliphatic rings. The molecule has 2 aromatic carbocycles. The van der Waals surface area contributed by atoms with Gasteiger partial charge in [-0.15, -0.1) is 0 Å². The zero-order valence-corrected chi connectivity index (χ0v) is 21.7. The summed E-state index contributed by atoms with van der Waals surface area (Å²) in [6.45, 7) is 3.57. The first-order chi connectivity index (χ1) is 18.7. The Morgan fingerprint density at radius 3 is 1.88 bits per heavy atom. The van der Waals surface area contributed by atoms with Gasteiger partial charge in [0.05, 0.1) is 10.8 Å². The van der Waals surface area contributed by atoms with Crippen molar-refractivity contribution in [2.45, 2.75) is 59.9 Å². The molecule has 0 aliphatic heterocycles. The maximum atomic E-state index is 13.3. The molecule has 1 saturated carbocycles. The number of hydrogen-bond donors (Lipinski definition) is 2. The van der Waals surface area contributed by atoms with E-state index in [0.29, 0.717) is 22.6 Å². The second-order valence-electron chi connectivity index (χ2n) is 8.71. The highest BCUT2D eigenvalue weighted by molar-refractivity contribution is 7.85. The molecular formula is C27H26F8N2O2S. The SMILES string of the molecule is C=C/C(=C\C=N)C(=O)NC1CCC(S(=O)c2ccc(F)cc2)CC1.FC(F)(F)C(F)(c1ccccc1)C(F)(F)F. The van der Waals surface area contributed by atoms with Gasteiger partial charge in [0.15, 0.2) is 0 Å². The van der Waals surface area contributed by atoms with E-state index in [2.05, 4.69) is 11.9 Å². The van der Waals surface area contributed by atoms with Crippen LogP contribution in [0.15, 0.2) is 83.8 Å². The van der Waals surface area contributed by atoms with Crippen LogP contribution in [0.1, 0.15) is 31.2 Å². The summed E-state index contributed by atoms with van der Waals surface area (Å²) in [6, 6.07) is 9.71. The molecule has 1 fully saturated rings. The molecule has 2 aromatic rings. The molecule has 3 rings (SSSR count). The fourth-order valence-corrected chi connectivity index (χ4v) is 5.42. The molecule has 0 spiro atoms. The number of nitrogens with one attached hydrogen (secondary N) is 2. The van der Waals surface area contributed by atoms with E-state index in [9.17, 15) is 44.1 Å². The predicted molar refractivity (Wildman–Crippen MR) is 135 cm³/mol. The molecule has 1 unspecified atom stereocenters. The lowest BCUT2D eigenvalue weighted by Gasteiger charge is -2.30. The minimum absolute atomic E-state index is 0.0274.